The van der Waals surface area contributed by atoms with Gasteiger partial charge in [-0.05, 0) is 29.8 Å². The second-order valence-electron chi connectivity index (χ2n) is 7.40. The molecule has 0 radical (unpaired) electrons. The van der Waals surface area contributed by atoms with Crippen molar-refractivity contribution in [3.8, 4) is 22.8 Å². The standard InChI is InChI=1S/C22H20F5N5O3.C2H6/c1-33-19-16(10-14(11-29-19)13-2-4-15(5-3-13)35-20(23)24)30-18-6-7-28-21(31-18)32-8-9-34-17(12-32)22(25,26)27;1-2/h2-7,10-11,17,20H,8-9,12H2,1H3,(H,28,30,31);1-2H3. The number of halogens is 5. The van der Waals surface area contributed by atoms with Crippen molar-refractivity contribution in [2.75, 3.05) is 37.0 Å². The number of nitrogens with one attached hydrogen (secondary N) is 1. The van der Waals surface area contributed by atoms with E-state index in [1.165, 1.54) is 30.3 Å². The summed E-state index contributed by atoms with van der Waals surface area (Å²) in [6.07, 6.45) is -3.44. The Morgan fingerprint density at radius 1 is 1.08 bits per heavy atom. The second-order valence-corrected chi connectivity index (χ2v) is 7.40. The SMILES string of the molecule is CC.COc1ncc(-c2ccc(OC(F)F)cc2)cc1Nc1ccnc(N2CCOC(C(F)(F)F)C2)n1. The summed E-state index contributed by atoms with van der Waals surface area (Å²) >= 11 is 0. The number of aromatic nitrogens is 3. The Bertz CT molecular complexity index is 1150. The lowest BCUT2D eigenvalue weighted by Gasteiger charge is -2.33. The van der Waals surface area contributed by atoms with Crippen molar-refractivity contribution in [2.45, 2.75) is 32.7 Å². The predicted molar refractivity (Wildman–Crippen MR) is 128 cm³/mol. The van der Waals surface area contributed by atoms with Gasteiger partial charge < -0.3 is 24.4 Å². The van der Waals surface area contributed by atoms with Crippen LogP contribution < -0.4 is 19.7 Å². The molecule has 1 saturated heterocycles. The first-order valence-corrected chi connectivity index (χ1v) is 11.4. The van der Waals surface area contributed by atoms with Crippen LogP contribution in [0.2, 0.25) is 0 Å². The van der Waals surface area contributed by atoms with Gasteiger partial charge in [0.15, 0.2) is 6.10 Å². The highest BCUT2D eigenvalue weighted by Crippen LogP contribution is 2.32. The lowest BCUT2D eigenvalue weighted by Crippen LogP contribution is -2.49. The summed E-state index contributed by atoms with van der Waals surface area (Å²) in [5.41, 5.74) is 1.75. The normalized spacial score (nSPS) is 15.6. The highest BCUT2D eigenvalue weighted by atomic mass is 19.4. The maximum absolute atomic E-state index is 13.1. The number of anilines is 3. The molecule has 1 fully saturated rings. The minimum Gasteiger partial charge on any atom is -0.480 e. The number of alkyl halides is 5. The van der Waals surface area contributed by atoms with Crippen molar-refractivity contribution in [3.63, 3.8) is 0 Å². The van der Waals surface area contributed by atoms with Crippen molar-refractivity contribution in [3.05, 3.63) is 48.8 Å². The summed E-state index contributed by atoms with van der Waals surface area (Å²) in [5.74, 6) is 0.691. The summed E-state index contributed by atoms with van der Waals surface area (Å²) in [6, 6.07) is 9.28. The topological polar surface area (TPSA) is 81.6 Å². The van der Waals surface area contributed by atoms with Gasteiger partial charge >= 0.3 is 12.8 Å². The number of pyridine rings is 1. The van der Waals surface area contributed by atoms with E-state index in [0.717, 1.165) is 0 Å². The molecule has 2 aromatic heterocycles. The fraction of sp³-hybridized carbons (Fsp3) is 0.375. The third kappa shape index (κ3) is 7.38. The van der Waals surface area contributed by atoms with Crippen LogP contribution in [0.5, 0.6) is 11.6 Å². The van der Waals surface area contributed by atoms with E-state index >= 15 is 0 Å². The molecule has 0 bridgehead atoms. The number of nitrogens with zero attached hydrogens (tertiary/aromatic N) is 4. The maximum atomic E-state index is 13.1. The van der Waals surface area contributed by atoms with Gasteiger partial charge in [-0.3, -0.25) is 0 Å². The van der Waals surface area contributed by atoms with Crippen LogP contribution >= 0.6 is 0 Å². The van der Waals surface area contributed by atoms with E-state index < -0.39 is 25.4 Å². The number of ether oxygens (including phenoxy) is 3. The largest absolute Gasteiger partial charge is 0.480 e. The average Bonchev–Trinajstić information content (AvgIpc) is 2.90. The molecule has 0 amide bonds. The Hall–Kier alpha value is -3.74. The van der Waals surface area contributed by atoms with Crippen molar-refractivity contribution in [1.29, 1.82) is 0 Å². The summed E-state index contributed by atoms with van der Waals surface area (Å²) in [7, 11) is 1.43. The molecule has 0 spiro atoms. The molecule has 1 N–H and O–H groups in total. The summed E-state index contributed by atoms with van der Waals surface area (Å²) < 4.78 is 78.5. The highest BCUT2D eigenvalue weighted by Gasteiger charge is 2.43. The summed E-state index contributed by atoms with van der Waals surface area (Å²) in [4.78, 5) is 14.1. The maximum Gasteiger partial charge on any atom is 0.416 e. The first-order valence-electron chi connectivity index (χ1n) is 11.4. The molecule has 4 rings (SSSR count). The Kier molecular flexibility index (Phi) is 9.39. The van der Waals surface area contributed by atoms with Gasteiger partial charge in [0.2, 0.25) is 11.8 Å². The fourth-order valence-corrected chi connectivity index (χ4v) is 3.43. The van der Waals surface area contributed by atoms with Crippen LogP contribution in [0.3, 0.4) is 0 Å². The van der Waals surface area contributed by atoms with E-state index in [1.807, 2.05) is 13.8 Å². The lowest BCUT2D eigenvalue weighted by atomic mass is 10.1. The van der Waals surface area contributed by atoms with E-state index in [4.69, 9.17) is 9.47 Å². The number of methoxy groups -OCH3 is 1. The van der Waals surface area contributed by atoms with Crippen LogP contribution in [-0.4, -0.2) is 60.6 Å². The Balaban J connectivity index is 0.00000186. The van der Waals surface area contributed by atoms with Crippen LogP contribution in [0.25, 0.3) is 11.1 Å². The quantitative estimate of drug-likeness (QED) is 0.393. The molecule has 1 aliphatic heterocycles. The molecule has 3 aromatic rings. The summed E-state index contributed by atoms with van der Waals surface area (Å²) in [6.45, 7) is 0.765. The second kappa shape index (κ2) is 12.5. The van der Waals surface area contributed by atoms with Crippen LogP contribution in [0.4, 0.5) is 39.4 Å². The smallest absolute Gasteiger partial charge is 0.416 e. The number of hydrogen-bond donors (Lipinski definition) is 1. The Morgan fingerprint density at radius 3 is 2.46 bits per heavy atom. The zero-order chi connectivity index (χ0) is 27.0. The van der Waals surface area contributed by atoms with Gasteiger partial charge in [0.25, 0.3) is 0 Å². The Labute approximate surface area is 210 Å². The first-order chi connectivity index (χ1) is 17.7. The molecular formula is C24H26F5N5O3. The molecule has 13 heteroatoms. The van der Waals surface area contributed by atoms with Crippen molar-refractivity contribution >= 4 is 17.5 Å². The molecule has 3 heterocycles. The molecule has 8 nitrogen and oxygen atoms in total. The van der Waals surface area contributed by atoms with Gasteiger partial charge in [-0.15, -0.1) is 0 Å². The number of hydrogen-bond acceptors (Lipinski definition) is 8. The van der Waals surface area contributed by atoms with E-state index in [0.29, 0.717) is 22.6 Å². The molecule has 1 aliphatic rings. The molecule has 1 unspecified atom stereocenters. The van der Waals surface area contributed by atoms with E-state index in [9.17, 15) is 22.0 Å². The monoisotopic (exact) mass is 527 g/mol. The minimum atomic E-state index is -4.49. The summed E-state index contributed by atoms with van der Waals surface area (Å²) in [5, 5.41) is 3.05. The van der Waals surface area contributed by atoms with Crippen LogP contribution in [-0.2, 0) is 4.74 Å². The third-order valence-electron chi connectivity index (χ3n) is 5.08. The number of benzene rings is 1. The van der Waals surface area contributed by atoms with Crippen molar-refractivity contribution in [2.24, 2.45) is 0 Å². The van der Waals surface area contributed by atoms with E-state index in [-0.39, 0.29) is 30.7 Å². The van der Waals surface area contributed by atoms with Crippen molar-refractivity contribution in [1.82, 2.24) is 15.0 Å². The van der Waals surface area contributed by atoms with Gasteiger partial charge in [0.05, 0.1) is 20.3 Å². The predicted octanol–water partition coefficient (Wildman–Crippen LogP) is 5.69. The highest BCUT2D eigenvalue weighted by molar-refractivity contribution is 5.72. The number of morpholine rings is 1. The van der Waals surface area contributed by atoms with Gasteiger partial charge in [-0.1, -0.05) is 26.0 Å². The van der Waals surface area contributed by atoms with Crippen LogP contribution in [0.15, 0.2) is 48.8 Å². The first kappa shape index (κ1) is 27.8. The van der Waals surface area contributed by atoms with Crippen LogP contribution in [0, 0.1) is 0 Å². The zero-order valence-corrected chi connectivity index (χ0v) is 20.3. The fourth-order valence-electron chi connectivity index (χ4n) is 3.43. The molecule has 1 aromatic carbocycles. The molecule has 200 valence electrons. The van der Waals surface area contributed by atoms with Crippen molar-refractivity contribution < 1.29 is 36.2 Å². The molecule has 0 aliphatic carbocycles. The van der Waals surface area contributed by atoms with Gasteiger partial charge in [0.1, 0.15) is 17.3 Å². The van der Waals surface area contributed by atoms with Gasteiger partial charge in [-0.2, -0.15) is 26.9 Å². The van der Waals surface area contributed by atoms with Gasteiger partial charge in [-0.25, -0.2) is 9.97 Å². The van der Waals surface area contributed by atoms with E-state index in [2.05, 4.69) is 25.0 Å². The Morgan fingerprint density at radius 2 is 1.81 bits per heavy atom. The molecule has 1 atom stereocenters. The molecular weight excluding hydrogens is 501 g/mol. The van der Waals surface area contributed by atoms with E-state index in [1.54, 1.807) is 30.5 Å². The number of rotatable bonds is 7. The van der Waals surface area contributed by atoms with Gasteiger partial charge in [0, 0.05) is 24.5 Å². The lowest BCUT2D eigenvalue weighted by molar-refractivity contribution is -0.221. The molecule has 37 heavy (non-hydrogen) atoms. The van der Waals surface area contributed by atoms with Crippen LogP contribution in [0.1, 0.15) is 13.8 Å². The third-order valence-corrected chi connectivity index (χ3v) is 5.08. The minimum absolute atomic E-state index is 0.0213. The molecule has 0 saturated carbocycles. The zero-order valence-electron chi connectivity index (χ0n) is 20.3. The average molecular weight is 527 g/mol.